The van der Waals surface area contributed by atoms with Gasteiger partial charge in [0, 0.05) is 18.2 Å². The van der Waals surface area contributed by atoms with Gasteiger partial charge in [-0.05, 0) is 31.7 Å². The number of aromatic amines is 1. The molecule has 1 saturated carbocycles. The molecule has 1 fully saturated rings. The monoisotopic (exact) mass is 336 g/mol. The summed E-state index contributed by atoms with van der Waals surface area (Å²) >= 11 is 1.02. The molecule has 0 amide bonds. The molecule has 23 heavy (non-hydrogen) atoms. The van der Waals surface area contributed by atoms with E-state index in [1.165, 1.54) is 38.2 Å². The first kappa shape index (κ1) is 16.5. The summed E-state index contributed by atoms with van der Waals surface area (Å²) in [6, 6.07) is 3.59. The fourth-order valence-electron chi connectivity index (χ4n) is 3.51. The van der Waals surface area contributed by atoms with Gasteiger partial charge < -0.3 is 20.5 Å². The Morgan fingerprint density at radius 2 is 2.09 bits per heavy atom. The third-order valence-electron chi connectivity index (χ3n) is 4.94. The lowest BCUT2D eigenvalue weighted by Crippen LogP contribution is -2.37. The van der Waals surface area contributed by atoms with Crippen LogP contribution in [0.15, 0.2) is 16.9 Å². The van der Waals surface area contributed by atoms with Crippen LogP contribution in [0.4, 0.5) is 0 Å². The molecule has 1 aromatic heterocycles. The first-order valence-electron chi connectivity index (χ1n) is 8.32. The number of aliphatic hydroxyl groups excluding tert-OH is 1. The molecular weight excluding hydrogens is 312 g/mol. The van der Waals surface area contributed by atoms with Crippen molar-refractivity contribution in [3.8, 4) is 5.75 Å². The first-order valence-corrected chi connectivity index (χ1v) is 9.14. The fourth-order valence-corrected chi connectivity index (χ4v) is 4.43. The second kappa shape index (κ2) is 7.03. The molecule has 2 atom stereocenters. The maximum absolute atomic E-state index is 11.5. The minimum atomic E-state index is -0.699. The molecule has 6 heteroatoms. The number of phenolic OH excluding ortho intramolecular Hbond substituents is 1. The Kier molecular flexibility index (Phi) is 5.04. The molecule has 3 rings (SSSR count). The highest BCUT2D eigenvalue weighted by Gasteiger charge is 2.21. The number of fused-ring (bicyclic) bond motifs is 1. The van der Waals surface area contributed by atoms with Gasteiger partial charge in [-0.1, -0.05) is 36.7 Å². The summed E-state index contributed by atoms with van der Waals surface area (Å²) in [6.07, 6.45) is 5.75. The number of hydrogen-bond donors (Lipinski definition) is 4. The Morgan fingerprint density at radius 1 is 1.35 bits per heavy atom. The fraction of sp³-hybridized carbons (Fsp3) is 0.588. The van der Waals surface area contributed by atoms with E-state index in [-0.39, 0.29) is 10.6 Å². The van der Waals surface area contributed by atoms with Crippen LogP contribution in [0.25, 0.3) is 10.2 Å². The summed E-state index contributed by atoms with van der Waals surface area (Å²) in [7, 11) is 0. The highest BCUT2D eigenvalue weighted by atomic mass is 32.1. The first-order chi connectivity index (χ1) is 11.1. The maximum Gasteiger partial charge on any atom is 0.305 e. The molecule has 0 unspecified atom stereocenters. The molecule has 1 aliphatic carbocycles. The summed E-state index contributed by atoms with van der Waals surface area (Å²) in [5, 5.41) is 23.8. The number of aromatic nitrogens is 1. The number of thiazole rings is 1. The zero-order valence-electron chi connectivity index (χ0n) is 13.3. The smallest absolute Gasteiger partial charge is 0.305 e. The van der Waals surface area contributed by atoms with Gasteiger partial charge in [0.1, 0.15) is 11.3 Å². The third kappa shape index (κ3) is 3.59. The molecule has 0 bridgehead atoms. The van der Waals surface area contributed by atoms with E-state index in [2.05, 4.69) is 17.2 Å². The van der Waals surface area contributed by atoms with Gasteiger partial charge in [0.15, 0.2) is 0 Å². The highest BCUT2D eigenvalue weighted by Crippen LogP contribution is 2.31. The highest BCUT2D eigenvalue weighted by molar-refractivity contribution is 7.16. The molecule has 1 aliphatic rings. The average molecular weight is 336 g/mol. The summed E-state index contributed by atoms with van der Waals surface area (Å²) in [5.41, 5.74) is 1.10. The quantitative estimate of drug-likeness (QED) is 0.676. The third-order valence-corrected chi connectivity index (χ3v) is 5.87. The molecular formula is C17H24N2O3S. The topological polar surface area (TPSA) is 85.3 Å². The predicted molar refractivity (Wildman–Crippen MR) is 93.1 cm³/mol. The number of aliphatic hydroxyl groups is 1. The van der Waals surface area contributed by atoms with Gasteiger partial charge >= 0.3 is 4.87 Å². The van der Waals surface area contributed by atoms with Crippen LogP contribution in [0.5, 0.6) is 5.75 Å². The minimum absolute atomic E-state index is 0.0397. The largest absolute Gasteiger partial charge is 0.506 e. The van der Waals surface area contributed by atoms with E-state index in [1.54, 1.807) is 6.07 Å². The van der Waals surface area contributed by atoms with Gasteiger partial charge in [-0.15, -0.1) is 0 Å². The Morgan fingerprint density at radius 3 is 2.83 bits per heavy atom. The zero-order valence-corrected chi connectivity index (χ0v) is 14.2. The second-order valence-corrected chi connectivity index (χ2v) is 7.49. The van der Waals surface area contributed by atoms with Crippen molar-refractivity contribution in [1.82, 2.24) is 10.3 Å². The lowest BCUT2D eigenvalue weighted by atomic mass is 9.84. The molecule has 4 N–H and O–H groups in total. The van der Waals surface area contributed by atoms with Crippen LogP contribution in [0.1, 0.15) is 50.7 Å². The van der Waals surface area contributed by atoms with Crippen molar-refractivity contribution < 1.29 is 10.2 Å². The van der Waals surface area contributed by atoms with Crippen molar-refractivity contribution in [2.24, 2.45) is 5.92 Å². The SMILES string of the molecule is C[C@H](NC[C@H](O)c1ccc(O)c2[nH]c(=O)sc12)C1CCCCC1. The molecule has 0 spiro atoms. The van der Waals surface area contributed by atoms with Gasteiger partial charge in [0.25, 0.3) is 0 Å². The van der Waals surface area contributed by atoms with E-state index in [1.807, 2.05) is 0 Å². The second-order valence-electron chi connectivity index (χ2n) is 6.50. The summed E-state index contributed by atoms with van der Waals surface area (Å²) in [5.74, 6) is 0.719. The van der Waals surface area contributed by atoms with E-state index in [9.17, 15) is 15.0 Å². The summed E-state index contributed by atoms with van der Waals surface area (Å²) in [6.45, 7) is 2.63. The molecule has 1 heterocycles. The molecule has 5 nitrogen and oxygen atoms in total. The van der Waals surface area contributed by atoms with Crippen LogP contribution in [0.2, 0.25) is 0 Å². The number of benzene rings is 1. The summed E-state index contributed by atoms with van der Waals surface area (Å²) in [4.78, 5) is 13.9. The van der Waals surface area contributed by atoms with Crippen LogP contribution < -0.4 is 10.2 Å². The van der Waals surface area contributed by atoms with Crippen LogP contribution in [0, 0.1) is 5.92 Å². The van der Waals surface area contributed by atoms with E-state index in [4.69, 9.17) is 0 Å². The van der Waals surface area contributed by atoms with E-state index >= 15 is 0 Å². The Hall–Kier alpha value is -1.37. The van der Waals surface area contributed by atoms with Crippen molar-refractivity contribution in [2.45, 2.75) is 51.2 Å². The lowest BCUT2D eigenvalue weighted by Gasteiger charge is -2.29. The standard InChI is InChI=1S/C17H24N2O3S/c1-10(11-5-3-2-4-6-11)18-9-14(21)12-7-8-13(20)15-16(12)23-17(22)19-15/h7-8,10-11,14,18,20-21H,2-6,9H2,1H3,(H,19,22)/t10-,14-/m0/s1. The number of aromatic hydroxyl groups is 1. The molecule has 0 saturated heterocycles. The Labute approximate surface area is 139 Å². The number of phenols is 1. The van der Waals surface area contributed by atoms with Crippen LogP contribution >= 0.6 is 11.3 Å². The van der Waals surface area contributed by atoms with Gasteiger partial charge in [0.05, 0.1) is 10.8 Å². The normalized spacial score (nSPS) is 19.0. The van der Waals surface area contributed by atoms with Crippen molar-refractivity contribution in [3.05, 3.63) is 27.4 Å². The van der Waals surface area contributed by atoms with Crippen molar-refractivity contribution in [2.75, 3.05) is 6.54 Å². The summed E-state index contributed by atoms with van der Waals surface area (Å²) < 4.78 is 0.634. The number of hydrogen-bond acceptors (Lipinski definition) is 5. The van der Waals surface area contributed by atoms with Gasteiger partial charge in [-0.25, -0.2) is 0 Å². The Bertz CT molecular complexity index is 718. The molecule has 1 aromatic carbocycles. The minimum Gasteiger partial charge on any atom is -0.506 e. The molecule has 126 valence electrons. The van der Waals surface area contributed by atoms with Crippen molar-refractivity contribution in [3.63, 3.8) is 0 Å². The van der Waals surface area contributed by atoms with E-state index < -0.39 is 6.10 Å². The molecule has 2 aromatic rings. The Balaban J connectivity index is 1.69. The number of rotatable bonds is 5. The zero-order chi connectivity index (χ0) is 16.4. The van der Waals surface area contributed by atoms with E-state index in [0.29, 0.717) is 34.3 Å². The van der Waals surface area contributed by atoms with Crippen LogP contribution in [-0.2, 0) is 0 Å². The molecule has 0 radical (unpaired) electrons. The van der Waals surface area contributed by atoms with Gasteiger partial charge in [0.2, 0.25) is 0 Å². The van der Waals surface area contributed by atoms with Gasteiger partial charge in [-0.2, -0.15) is 0 Å². The predicted octanol–water partition coefficient (Wildman–Crippen LogP) is 2.89. The van der Waals surface area contributed by atoms with Crippen molar-refractivity contribution in [1.29, 1.82) is 0 Å². The van der Waals surface area contributed by atoms with Crippen LogP contribution in [0.3, 0.4) is 0 Å². The maximum atomic E-state index is 11.5. The average Bonchev–Trinajstić information content (AvgIpc) is 2.96. The van der Waals surface area contributed by atoms with Gasteiger partial charge in [-0.3, -0.25) is 4.79 Å². The lowest BCUT2D eigenvalue weighted by molar-refractivity contribution is 0.162. The number of H-pyrrole nitrogens is 1. The number of nitrogens with one attached hydrogen (secondary N) is 2. The van der Waals surface area contributed by atoms with Crippen LogP contribution in [-0.4, -0.2) is 27.8 Å². The van der Waals surface area contributed by atoms with Crippen molar-refractivity contribution >= 4 is 21.6 Å². The molecule has 0 aliphatic heterocycles. The van der Waals surface area contributed by atoms with E-state index in [0.717, 1.165) is 11.3 Å².